The highest BCUT2D eigenvalue weighted by Crippen LogP contribution is 2.29. The lowest BCUT2D eigenvalue weighted by Gasteiger charge is -2.41. The van der Waals surface area contributed by atoms with Crippen LogP contribution < -0.4 is 5.32 Å². The summed E-state index contributed by atoms with van der Waals surface area (Å²) < 4.78 is 5.48. The molecule has 138 valence electrons. The van der Waals surface area contributed by atoms with Gasteiger partial charge in [-0.15, -0.1) is 0 Å². The predicted molar refractivity (Wildman–Crippen MR) is 97.5 cm³/mol. The van der Waals surface area contributed by atoms with Crippen molar-refractivity contribution in [1.82, 2.24) is 10.2 Å². The van der Waals surface area contributed by atoms with E-state index in [9.17, 15) is 9.90 Å². The van der Waals surface area contributed by atoms with Gasteiger partial charge >= 0.3 is 0 Å². The number of ether oxygens (including phenoxy) is 1. The minimum atomic E-state index is -0.680. The largest absolute Gasteiger partial charge is 0.390 e. The Bertz CT molecular complexity index is 549. The quantitative estimate of drug-likeness (QED) is 0.855. The summed E-state index contributed by atoms with van der Waals surface area (Å²) in [5, 5.41) is 14.3. The molecule has 0 radical (unpaired) electrons. The van der Waals surface area contributed by atoms with Gasteiger partial charge in [0.1, 0.15) is 0 Å². The number of nitrogens with zero attached hydrogens (tertiary/aromatic N) is 1. The Labute approximate surface area is 150 Å². The number of benzene rings is 1. The van der Waals surface area contributed by atoms with Crippen molar-refractivity contribution in [3.05, 3.63) is 35.9 Å². The third kappa shape index (κ3) is 5.03. The van der Waals surface area contributed by atoms with Crippen LogP contribution >= 0.6 is 0 Å². The number of hydrogen-bond acceptors (Lipinski definition) is 4. The van der Waals surface area contributed by atoms with Crippen LogP contribution in [0.2, 0.25) is 0 Å². The van der Waals surface area contributed by atoms with Gasteiger partial charge in [0.15, 0.2) is 0 Å². The van der Waals surface area contributed by atoms with E-state index in [1.165, 1.54) is 5.56 Å². The first kappa shape index (κ1) is 18.4. The lowest BCUT2D eigenvalue weighted by atomic mass is 9.85. The standard InChI is InChI=1S/C20H30N2O3/c1-16(17-5-3-2-4-6-17)13-19(23)22-10-7-20(24,8-11-22)14-18-15-25-12-9-21-18/h2-6,16,18,21,24H,7-15H2,1H3. The number of morpholine rings is 1. The molecule has 2 atom stereocenters. The molecule has 2 unspecified atom stereocenters. The van der Waals surface area contributed by atoms with Gasteiger partial charge in [-0.3, -0.25) is 4.79 Å². The molecule has 25 heavy (non-hydrogen) atoms. The first-order valence-corrected chi connectivity index (χ1v) is 9.42. The van der Waals surface area contributed by atoms with Crippen molar-refractivity contribution in [2.24, 2.45) is 0 Å². The maximum atomic E-state index is 12.6. The molecule has 2 aliphatic rings. The van der Waals surface area contributed by atoms with Crippen molar-refractivity contribution in [2.45, 2.75) is 50.2 Å². The fourth-order valence-corrected chi connectivity index (χ4v) is 3.88. The van der Waals surface area contributed by atoms with Gasteiger partial charge < -0.3 is 20.1 Å². The molecule has 2 saturated heterocycles. The number of rotatable bonds is 5. The van der Waals surface area contributed by atoms with Crippen LogP contribution in [0.5, 0.6) is 0 Å². The van der Waals surface area contributed by atoms with E-state index in [2.05, 4.69) is 24.4 Å². The van der Waals surface area contributed by atoms with Crippen molar-refractivity contribution in [3.8, 4) is 0 Å². The molecule has 0 spiro atoms. The molecule has 2 heterocycles. The van der Waals surface area contributed by atoms with Gasteiger partial charge in [0.2, 0.25) is 5.91 Å². The topological polar surface area (TPSA) is 61.8 Å². The monoisotopic (exact) mass is 346 g/mol. The molecule has 0 saturated carbocycles. The van der Waals surface area contributed by atoms with E-state index in [-0.39, 0.29) is 17.9 Å². The van der Waals surface area contributed by atoms with E-state index in [0.717, 1.165) is 13.2 Å². The van der Waals surface area contributed by atoms with Crippen molar-refractivity contribution in [2.75, 3.05) is 32.8 Å². The molecular formula is C20H30N2O3. The molecule has 1 aromatic carbocycles. The smallest absolute Gasteiger partial charge is 0.223 e. The number of piperidine rings is 1. The Morgan fingerprint density at radius 2 is 2.08 bits per heavy atom. The first-order chi connectivity index (χ1) is 12.1. The molecule has 5 nitrogen and oxygen atoms in total. The molecule has 1 amide bonds. The van der Waals surface area contributed by atoms with E-state index in [1.807, 2.05) is 23.1 Å². The number of amides is 1. The summed E-state index contributed by atoms with van der Waals surface area (Å²) in [7, 11) is 0. The summed E-state index contributed by atoms with van der Waals surface area (Å²) in [5.41, 5.74) is 0.521. The van der Waals surface area contributed by atoms with Gasteiger partial charge in [-0.2, -0.15) is 0 Å². The predicted octanol–water partition coefficient (Wildman–Crippen LogP) is 1.91. The zero-order valence-electron chi connectivity index (χ0n) is 15.1. The van der Waals surface area contributed by atoms with Gasteiger partial charge in [0, 0.05) is 32.1 Å². The van der Waals surface area contributed by atoms with Crippen LogP contribution in [0, 0.1) is 0 Å². The number of carbonyl (C=O) groups excluding carboxylic acids is 1. The van der Waals surface area contributed by atoms with Gasteiger partial charge in [-0.25, -0.2) is 0 Å². The van der Waals surface area contributed by atoms with Gasteiger partial charge in [0.05, 0.1) is 18.8 Å². The zero-order valence-corrected chi connectivity index (χ0v) is 15.1. The van der Waals surface area contributed by atoms with E-state index in [1.54, 1.807) is 0 Å². The van der Waals surface area contributed by atoms with Crippen molar-refractivity contribution >= 4 is 5.91 Å². The molecule has 3 rings (SSSR count). The lowest BCUT2D eigenvalue weighted by molar-refractivity contribution is -0.136. The summed E-state index contributed by atoms with van der Waals surface area (Å²) in [6, 6.07) is 10.4. The number of hydrogen-bond donors (Lipinski definition) is 2. The van der Waals surface area contributed by atoms with E-state index < -0.39 is 5.60 Å². The molecule has 1 aromatic rings. The molecular weight excluding hydrogens is 316 g/mol. The molecule has 0 aromatic heterocycles. The highest BCUT2D eigenvalue weighted by molar-refractivity contribution is 5.77. The normalized spacial score (nSPS) is 24.7. The van der Waals surface area contributed by atoms with Crippen LogP contribution in [0.15, 0.2) is 30.3 Å². The Morgan fingerprint density at radius 1 is 1.36 bits per heavy atom. The van der Waals surface area contributed by atoms with Crippen LogP contribution in [0.4, 0.5) is 0 Å². The second-order valence-corrected chi connectivity index (χ2v) is 7.55. The van der Waals surface area contributed by atoms with Crippen LogP contribution in [0.3, 0.4) is 0 Å². The second-order valence-electron chi connectivity index (χ2n) is 7.55. The van der Waals surface area contributed by atoms with Crippen molar-refractivity contribution in [3.63, 3.8) is 0 Å². The Hall–Kier alpha value is -1.43. The summed E-state index contributed by atoms with van der Waals surface area (Å²) in [6.45, 7) is 5.65. The maximum absolute atomic E-state index is 12.6. The minimum absolute atomic E-state index is 0.192. The third-order valence-electron chi connectivity index (χ3n) is 5.52. The van der Waals surface area contributed by atoms with Crippen LogP contribution in [0.25, 0.3) is 0 Å². The first-order valence-electron chi connectivity index (χ1n) is 9.42. The fourth-order valence-electron chi connectivity index (χ4n) is 3.88. The average molecular weight is 346 g/mol. The summed E-state index contributed by atoms with van der Waals surface area (Å²) in [4.78, 5) is 14.5. The molecule has 0 aliphatic carbocycles. The van der Waals surface area contributed by atoms with Gasteiger partial charge in [-0.05, 0) is 30.7 Å². The Balaban J connectivity index is 1.47. The van der Waals surface area contributed by atoms with Crippen molar-refractivity contribution < 1.29 is 14.6 Å². The number of likely N-dealkylation sites (tertiary alicyclic amines) is 1. The van der Waals surface area contributed by atoms with E-state index in [4.69, 9.17) is 4.74 Å². The van der Waals surface area contributed by atoms with E-state index in [0.29, 0.717) is 45.4 Å². The number of nitrogens with one attached hydrogen (secondary N) is 1. The highest BCUT2D eigenvalue weighted by Gasteiger charge is 2.36. The lowest BCUT2D eigenvalue weighted by Crippen LogP contribution is -2.52. The minimum Gasteiger partial charge on any atom is -0.390 e. The van der Waals surface area contributed by atoms with Gasteiger partial charge in [0.25, 0.3) is 0 Å². The second kappa shape index (κ2) is 8.30. The molecule has 2 fully saturated rings. The Kier molecular flexibility index (Phi) is 6.10. The molecule has 2 aliphatic heterocycles. The van der Waals surface area contributed by atoms with Crippen molar-refractivity contribution in [1.29, 1.82) is 0 Å². The van der Waals surface area contributed by atoms with Crippen LogP contribution in [0.1, 0.15) is 44.1 Å². The van der Waals surface area contributed by atoms with Gasteiger partial charge in [-0.1, -0.05) is 37.3 Å². The maximum Gasteiger partial charge on any atom is 0.223 e. The molecule has 0 bridgehead atoms. The summed E-state index contributed by atoms with van der Waals surface area (Å²) in [5.74, 6) is 0.413. The summed E-state index contributed by atoms with van der Waals surface area (Å²) >= 11 is 0. The average Bonchev–Trinajstić information content (AvgIpc) is 2.63. The zero-order chi connectivity index (χ0) is 17.7. The number of aliphatic hydroxyl groups is 1. The van der Waals surface area contributed by atoms with Crippen LogP contribution in [-0.4, -0.2) is 60.4 Å². The van der Waals surface area contributed by atoms with E-state index >= 15 is 0 Å². The highest BCUT2D eigenvalue weighted by atomic mass is 16.5. The molecule has 2 N–H and O–H groups in total. The Morgan fingerprint density at radius 3 is 2.72 bits per heavy atom. The SMILES string of the molecule is CC(CC(=O)N1CCC(O)(CC2COCCN2)CC1)c1ccccc1. The summed E-state index contributed by atoms with van der Waals surface area (Å²) in [6.07, 6.45) is 2.53. The number of carbonyl (C=O) groups is 1. The molecule has 5 heteroatoms. The fraction of sp³-hybridized carbons (Fsp3) is 0.650. The third-order valence-corrected chi connectivity index (χ3v) is 5.52. The van der Waals surface area contributed by atoms with Crippen LogP contribution in [-0.2, 0) is 9.53 Å².